The number of halogens is 1. The summed E-state index contributed by atoms with van der Waals surface area (Å²) in [5, 5.41) is 4.23. The lowest BCUT2D eigenvalue weighted by Gasteiger charge is -2.17. The number of nitrogens with two attached hydrogens (primary N) is 1. The Hall–Kier alpha value is -0.740. The topological polar surface area (TPSA) is 93.4 Å². The molecule has 2 rings (SSSR count). The van der Waals surface area contributed by atoms with E-state index in [4.69, 9.17) is 5.14 Å². The molecule has 1 aromatic rings. The molecule has 1 amide bonds. The molecule has 1 atom stereocenters. The summed E-state index contributed by atoms with van der Waals surface area (Å²) in [5.74, 6) is -0.241. The molecule has 17 heavy (non-hydrogen) atoms. The van der Waals surface area contributed by atoms with Crippen molar-refractivity contribution in [2.24, 2.45) is 5.14 Å². The van der Waals surface area contributed by atoms with Crippen LogP contribution in [0.2, 0.25) is 0 Å². The molecular weight excluding hydrogens is 357 g/mol. The number of hydrogen-bond donors (Lipinski definition) is 1. The maximum atomic E-state index is 11.8. The van der Waals surface area contributed by atoms with Crippen LogP contribution in [-0.4, -0.2) is 31.1 Å². The van der Waals surface area contributed by atoms with E-state index in [0.29, 0.717) is 5.69 Å². The highest BCUT2D eigenvalue weighted by atomic mass is 127. The first-order valence-electron chi connectivity index (χ1n) is 4.81. The van der Waals surface area contributed by atoms with Crippen molar-refractivity contribution in [2.75, 3.05) is 11.4 Å². The first kappa shape index (κ1) is 12.7. The van der Waals surface area contributed by atoms with E-state index in [9.17, 15) is 13.2 Å². The Morgan fingerprint density at radius 1 is 1.53 bits per heavy atom. The second-order valence-corrected chi connectivity index (χ2v) is 6.75. The molecule has 92 valence electrons. The predicted octanol–water partition coefficient (Wildman–Crippen LogP) is 0.0800. The zero-order valence-corrected chi connectivity index (χ0v) is 11.7. The average molecular weight is 367 g/mol. The number of primary sulfonamides is 1. The summed E-state index contributed by atoms with van der Waals surface area (Å²) < 4.78 is 23.3. The van der Waals surface area contributed by atoms with Gasteiger partial charge in [0.05, 0.1) is 11.9 Å². The molecular formula is C9H10IN3O3S. The van der Waals surface area contributed by atoms with Gasteiger partial charge in [0.2, 0.25) is 15.9 Å². The first-order valence-corrected chi connectivity index (χ1v) is 7.50. The Morgan fingerprint density at radius 2 is 2.24 bits per heavy atom. The van der Waals surface area contributed by atoms with Gasteiger partial charge in [0.25, 0.3) is 0 Å². The lowest BCUT2D eigenvalue weighted by atomic mass is 10.4. The first-order chi connectivity index (χ1) is 7.89. The van der Waals surface area contributed by atoms with Crippen molar-refractivity contribution in [1.82, 2.24) is 4.98 Å². The molecule has 8 heteroatoms. The lowest BCUT2D eigenvalue weighted by molar-refractivity contribution is -0.117. The molecule has 0 aliphatic carbocycles. The molecule has 1 aliphatic rings. The van der Waals surface area contributed by atoms with Gasteiger partial charge in [0, 0.05) is 22.7 Å². The maximum absolute atomic E-state index is 11.8. The Morgan fingerprint density at radius 3 is 2.76 bits per heavy atom. The van der Waals surface area contributed by atoms with Gasteiger partial charge in [-0.15, -0.1) is 0 Å². The number of hydrogen-bond acceptors (Lipinski definition) is 4. The van der Waals surface area contributed by atoms with Crippen LogP contribution in [0.4, 0.5) is 5.69 Å². The highest BCUT2D eigenvalue weighted by molar-refractivity contribution is 14.1. The fourth-order valence-corrected chi connectivity index (χ4v) is 3.02. The molecule has 2 heterocycles. The van der Waals surface area contributed by atoms with Crippen LogP contribution in [0, 0.1) is 3.57 Å². The minimum absolute atomic E-state index is 0.0657. The van der Waals surface area contributed by atoms with E-state index in [2.05, 4.69) is 27.6 Å². The average Bonchev–Trinajstić information content (AvgIpc) is 2.61. The van der Waals surface area contributed by atoms with Crippen LogP contribution in [0.25, 0.3) is 0 Å². The molecule has 1 aliphatic heterocycles. The van der Waals surface area contributed by atoms with Crippen molar-refractivity contribution in [3.63, 3.8) is 0 Å². The van der Waals surface area contributed by atoms with E-state index < -0.39 is 15.3 Å². The monoisotopic (exact) mass is 367 g/mol. The zero-order chi connectivity index (χ0) is 12.6. The van der Waals surface area contributed by atoms with Gasteiger partial charge >= 0.3 is 0 Å². The van der Waals surface area contributed by atoms with Gasteiger partial charge in [-0.1, -0.05) is 0 Å². The number of rotatable bonds is 2. The normalized spacial score (nSPS) is 20.9. The standard InChI is InChI=1S/C9H10IN3O3S/c10-7-1-2-12-4-8(7)13-5-6(3-9(13)14)17(11,15)16/h1-2,4,6H,3,5H2,(H2,11,15,16). The number of sulfonamides is 1. The molecule has 0 spiro atoms. The summed E-state index contributed by atoms with van der Waals surface area (Å²) in [6, 6.07) is 1.76. The third-order valence-corrected chi connectivity index (χ3v) is 4.75. The van der Waals surface area contributed by atoms with E-state index in [-0.39, 0.29) is 18.9 Å². The van der Waals surface area contributed by atoms with E-state index in [1.165, 1.54) is 4.90 Å². The van der Waals surface area contributed by atoms with Crippen LogP contribution in [0.5, 0.6) is 0 Å². The number of pyridine rings is 1. The number of aromatic nitrogens is 1. The third-order valence-electron chi connectivity index (χ3n) is 2.59. The van der Waals surface area contributed by atoms with Gasteiger partial charge in [-0.25, -0.2) is 13.6 Å². The molecule has 0 bridgehead atoms. The molecule has 0 radical (unpaired) electrons. The molecule has 2 N–H and O–H groups in total. The van der Waals surface area contributed by atoms with Gasteiger partial charge in [0.1, 0.15) is 5.25 Å². The third kappa shape index (κ3) is 2.58. The van der Waals surface area contributed by atoms with E-state index in [1.807, 2.05) is 0 Å². The Labute approximate surface area is 112 Å². The van der Waals surface area contributed by atoms with E-state index in [1.54, 1.807) is 18.5 Å². The van der Waals surface area contributed by atoms with Crippen molar-refractivity contribution in [3.05, 3.63) is 22.0 Å². The Kier molecular flexibility index (Phi) is 3.36. The maximum Gasteiger partial charge on any atom is 0.228 e. The van der Waals surface area contributed by atoms with Crippen LogP contribution in [0.3, 0.4) is 0 Å². The quantitative estimate of drug-likeness (QED) is 0.750. The summed E-state index contributed by atoms with van der Waals surface area (Å²) in [5.41, 5.74) is 0.629. The Balaban J connectivity index is 2.31. The van der Waals surface area contributed by atoms with Crippen molar-refractivity contribution in [2.45, 2.75) is 11.7 Å². The molecule has 1 saturated heterocycles. The highest BCUT2D eigenvalue weighted by Crippen LogP contribution is 2.27. The molecule has 1 unspecified atom stereocenters. The molecule has 1 fully saturated rings. The smallest absolute Gasteiger partial charge is 0.228 e. The summed E-state index contributed by atoms with van der Waals surface area (Å²) in [6.45, 7) is 0.0966. The number of nitrogens with zero attached hydrogens (tertiary/aromatic N) is 2. The van der Waals surface area contributed by atoms with Gasteiger partial charge in [-0.3, -0.25) is 9.78 Å². The summed E-state index contributed by atoms with van der Waals surface area (Å²) in [7, 11) is -3.67. The van der Waals surface area contributed by atoms with Crippen LogP contribution in [0.15, 0.2) is 18.5 Å². The van der Waals surface area contributed by atoms with Crippen molar-refractivity contribution < 1.29 is 13.2 Å². The van der Waals surface area contributed by atoms with Crippen molar-refractivity contribution in [1.29, 1.82) is 0 Å². The lowest BCUT2D eigenvalue weighted by Crippen LogP contribution is -2.32. The molecule has 1 aromatic heterocycles. The Bertz CT molecular complexity index is 560. The number of carbonyl (C=O) groups excluding carboxylic acids is 1. The van der Waals surface area contributed by atoms with Crippen molar-refractivity contribution in [3.8, 4) is 0 Å². The fourth-order valence-electron chi connectivity index (χ4n) is 1.70. The van der Waals surface area contributed by atoms with Crippen LogP contribution < -0.4 is 10.0 Å². The van der Waals surface area contributed by atoms with Crippen LogP contribution >= 0.6 is 22.6 Å². The van der Waals surface area contributed by atoms with Crippen molar-refractivity contribution >= 4 is 44.2 Å². The highest BCUT2D eigenvalue weighted by Gasteiger charge is 2.37. The van der Waals surface area contributed by atoms with Gasteiger partial charge in [-0.05, 0) is 28.7 Å². The fraction of sp³-hybridized carbons (Fsp3) is 0.333. The minimum atomic E-state index is -3.67. The van der Waals surface area contributed by atoms with Gasteiger partial charge < -0.3 is 4.90 Å². The SMILES string of the molecule is NS(=O)(=O)C1CC(=O)N(c2cnccc2I)C1. The van der Waals surface area contributed by atoms with Crippen LogP contribution in [-0.2, 0) is 14.8 Å². The number of anilines is 1. The van der Waals surface area contributed by atoms with E-state index in [0.717, 1.165) is 3.57 Å². The van der Waals surface area contributed by atoms with Crippen LogP contribution in [0.1, 0.15) is 6.42 Å². The predicted molar refractivity (Wildman–Crippen MR) is 70.8 cm³/mol. The second kappa shape index (κ2) is 4.50. The molecule has 0 aromatic carbocycles. The largest absolute Gasteiger partial charge is 0.309 e. The summed E-state index contributed by atoms with van der Waals surface area (Å²) >= 11 is 2.07. The van der Waals surface area contributed by atoms with E-state index >= 15 is 0 Å². The van der Waals surface area contributed by atoms with Gasteiger partial charge in [0.15, 0.2) is 0 Å². The molecule has 0 saturated carbocycles. The van der Waals surface area contributed by atoms with Gasteiger partial charge in [-0.2, -0.15) is 0 Å². The molecule has 6 nitrogen and oxygen atoms in total. The number of carbonyl (C=O) groups is 1. The zero-order valence-electron chi connectivity index (χ0n) is 8.71. The summed E-state index contributed by atoms with van der Waals surface area (Å²) in [6.07, 6.45) is 3.10. The number of amides is 1. The minimum Gasteiger partial charge on any atom is -0.309 e. The summed E-state index contributed by atoms with van der Waals surface area (Å²) in [4.78, 5) is 17.1. The second-order valence-electron chi connectivity index (χ2n) is 3.75.